The number of alkyl halides is 5. The minimum Gasteiger partial charge on any atom is -0.296 e. The molecule has 88 valence electrons. The number of hydrogen-bond acceptors (Lipinski definition) is 2. The van der Waals surface area contributed by atoms with Crippen molar-refractivity contribution in [2.24, 2.45) is 0 Å². The zero-order valence-corrected chi connectivity index (χ0v) is 8.11. The first-order valence-corrected chi connectivity index (χ1v) is 4.15. The van der Waals surface area contributed by atoms with Gasteiger partial charge in [-0.1, -0.05) is 11.6 Å². The maximum atomic E-state index is 12.4. The van der Waals surface area contributed by atoms with Crippen molar-refractivity contribution in [1.82, 2.24) is 4.98 Å². The minimum absolute atomic E-state index is 0.0759. The van der Waals surface area contributed by atoms with Gasteiger partial charge in [0.25, 0.3) is 6.43 Å². The van der Waals surface area contributed by atoms with Gasteiger partial charge >= 0.3 is 6.18 Å². The monoisotopic (exact) mass is 259 g/mol. The zero-order valence-electron chi connectivity index (χ0n) is 7.36. The van der Waals surface area contributed by atoms with Crippen molar-refractivity contribution in [1.29, 1.82) is 0 Å². The molecule has 1 aromatic heterocycles. The Kier molecular flexibility index (Phi) is 3.47. The molecule has 0 aliphatic heterocycles. The fourth-order valence-corrected chi connectivity index (χ4v) is 1.35. The highest BCUT2D eigenvalue weighted by Crippen LogP contribution is 2.39. The maximum absolute atomic E-state index is 12.4. The minimum atomic E-state index is -4.89. The van der Waals surface area contributed by atoms with E-state index in [2.05, 4.69) is 4.98 Å². The number of hydrogen-bond donors (Lipinski definition) is 0. The lowest BCUT2D eigenvalue weighted by atomic mass is 10.1. The maximum Gasteiger partial charge on any atom is 0.419 e. The molecule has 0 saturated heterocycles. The SMILES string of the molecule is O=Cc1ncc(C(F)(F)F)c(Cl)c1C(F)F. The molecule has 0 fully saturated rings. The van der Waals surface area contributed by atoms with E-state index in [9.17, 15) is 26.7 Å². The molecule has 1 aromatic rings. The Balaban J connectivity index is 3.50. The van der Waals surface area contributed by atoms with Crippen LogP contribution in [0.15, 0.2) is 6.20 Å². The summed E-state index contributed by atoms with van der Waals surface area (Å²) in [4.78, 5) is 13.3. The first kappa shape index (κ1) is 12.8. The van der Waals surface area contributed by atoms with Crippen molar-refractivity contribution in [3.05, 3.63) is 28.0 Å². The molecular weight excluding hydrogens is 257 g/mol. The van der Waals surface area contributed by atoms with E-state index < -0.39 is 34.4 Å². The number of carbonyl (C=O) groups excluding carboxylic acids is 1. The van der Waals surface area contributed by atoms with Crippen molar-refractivity contribution < 1.29 is 26.7 Å². The number of rotatable bonds is 2. The third-order valence-electron chi connectivity index (χ3n) is 1.72. The largest absolute Gasteiger partial charge is 0.419 e. The Hall–Kier alpha value is -1.24. The van der Waals surface area contributed by atoms with Crippen LogP contribution in [0.4, 0.5) is 22.0 Å². The van der Waals surface area contributed by atoms with E-state index in [1.165, 1.54) is 0 Å². The number of nitrogens with zero attached hydrogens (tertiary/aromatic N) is 1. The highest BCUT2D eigenvalue weighted by atomic mass is 35.5. The Morgan fingerprint density at radius 2 is 1.94 bits per heavy atom. The molecule has 16 heavy (non-hydrogen) atoms. The summed E-state index contributed by atoms with van der Waals surface area (Å²) in [7, 11) is 0. The smallest absolute Gasteiger partial charge is 0.296 e. The third kappa shape index (κ3) is 2.29. The summed E-state index contributed by atoms with van der Waals surface area (Å²) in [5.41, 5.74) is -3.49. The number of halogens is 6. The van der Waals surface area contributed by atoms with Gasteiger partial charge in [0.05, 0.1) is 16.1 Å². The van der Waals surface area contributed by atoms with Gasteiger partial charge in [0.2, 0.25) is 0 Å². The molecule has 8 heteroatoms. The van der Waals surface area contributed by atoms with Crippen LogP contribution in [0.25, 0.3) is 0 Å². The molecule has 0 amide bonds. The second-order valence-corrected chi connectivity index (χ2v) is 3.08. The molecule has 0 saturated carbocycles. The van der Waals surface area contributed by atoms with Crippen LogP contribution in [0, 0.1) is 0 Å². The van der Waals surface area contributed by atoms with Crippen LogP contribution in [0.5, 0.6) is 0 Å². The fraction of sp³-hybridized carbons (Fsp3) is 0.250. The van der Waals surface area contributed by atoms with Crippen LogP contribution in [0.3, 0.4) is 0 Å². The van der Waals surface area contributed by atoms with Crippen molar-refractivity contribution in [2.45, 2.75) is 12.6 Å². The first-order chi connectivity index (χ1) is 7.29. The predicted molar refractivity (Wildman–Crippen MR) is 44.6 cm³/mol. The second kappa shape index (κ2) is 4.32. The standard InChI is InChI=1S/C8H3ClF5NO/c9-6-3(8(12,13)14)1-15-4(2-16)5(6)7(10)11/h1-2,7H. The quantitative estimate of drug-likeness (QED) is 0.601. The van der Waals surface area contributed by atoms with Crippen LogP contribution in [-0.4, -0.2) is 11.3 Å². The molecule has 0 spiro atoms. The number of carbonyl (C=O) groups is 1. The Bertz CT molecular complexity index is 418. The molecule has 1 heterocycles. The van der Waals surface area contributed by atoms with Gasteiger partial charge in [0.1, 0.15) is 5.69 Å². The highest BCUT2D eigenvalue weighted by molar-refractivity contribution is 6.32. The molecule has 0 aromatic carbocycles. The Morgan fingerprint density at radius 1 is 1.38 bits per heavy atom. The molecule has 0 aliphatic rings. The summed E-state index contributed by atoms with van der Waals surface area (Å²) in [5.74, 6) is 0. The molecule has 0 N–H and O–H groups in total. The lowest BCUT2D eigenvalue weighted by Gasteiger charge is -2.12. The van der Waals surface area contributed by atoms with Gasteiger partial charge in [-0.3, -0.25) is 9.78 Å². The Labute approximate surface area is 91.0 Å². The molecule has 0 aliphatic carbocycles. The van der Waals surface area contributed by atoms with Crippen molar-refractivity contribution in [3.63, 3.8) is 0 Å². The van der Waals surface area contributed by atoms with Crippen LogP contribution in [0.2, 0.25) is 5.02 Å². The van der Waals surface area contributed by atoms with Gasteiger partial charge in [-0.05, 0) is 0 Å². The summed E-state index contributed by atoms with van der Waals surface area (Å²) in [5, 5.41) is -1.19. The number of aromatic nitrogens is 1. The summed E-state index contributed by atoms with van der Waals surface area (Å²) in [6, 6.07) is 0. The van der Waals surface area contributed by atoms with Crippen LogP contribution in [-0.2, 0) is 6.18 Å². The van der Waals surface area contributed by atoms with Gasteiger partial charge < -0.3 is 0 Å². The van der Waals surface area contributed by atoms with E-state index in [0.29, 0.717) is 0 Å². The van der Waals surface area contributed by atoms with Gasteiger partial charge in [-0.2, -0.15) is 13.2 Å². The molecule has 1 rings (SSSR count). The predicted octanol–water partition coefficient (Wildman–Crippen LogP) is 3.50. The molecule has 0 unspecified atom stereocenters. The topological polar surface area (TPSA) is 30.0 Å². The van der Waals surface area contributed by atoms with Gasteiger partial charge in [0.15, 0.2) is 6.29 Å². The van der Waals surface area contributed by atoms with Gasteiger partial charge in [0, 0.05) is 6.20 Å². The third-order valence-corrected chi connectivity index (χ3v) is 2.12. The lowest BCUT2D eigenvalue weighted by Crippen LogP contribution is -2.10. The molecule has 0 atom stereocenters. The van der Waals surface area contributed by atoms with Crippen molar-refractivity contribution >= 4 is 17.9 Å². The van der Waals surface area contributed by atoms with Gasteiger partial charge in [-0.25, -0.2) is 8.78 Å². The summed E-state index contributed by atoms with van der Waals surface area (Å²) >= 11 is 5.17. The van der Waals surface area contributed by atoms with Crippen LogP contribution >= 0.6 is 11.6 Å². The average Bonchev–Trinajstić information content (AvgIpc) is 2.14. The van der Waals surface area contributed by atoms with E-state index >= 15 is 0 Å². The fourth-order valence-electron chi connectivity index (χ4n) is 1.02. The molecule has 0 bridgehead atoms. The summed E-state index contributed by atoms with van der Waals surface area (Å²) < 4.78 is 61.6. The Morgan fingerprint density at radius 3 is 2.31 bits per heavy atom. The highest BCUT2D eigenvalue weighted by Gasteiger charge is 2.36. The zero-order chi connectivity index (χ0) is 12.5. The van der Waals surface area contributed by atoms with E-state index in [1.54, 1.807) is 0 Å². The first-order valence-electron chi connectivity index (χ1n) is 3.78. The summed E-state index contributed by atoms with van der Waals surface area (Å²) in [6.45, 7) is 0. The van der Waals surface area contributed by atoms with E-state index in [-0.39, 0.29) is 12.5 Å². The van der Waals surface area contributed by atoms with Crippen LogP contribution < -0.4 is 0 Å². The normalized spacial score (nSPS) is 11.9. The van der Waals surface area contributed by atoms with Crippen molar-refractivity contribution in [3.8, 4) is 0 Å². The van der Waals surface area contributed by atoms with Gasteiger partial charge in [-0.15, -0.1) is 0 Å². The molecular formula is C8H3ClF5NO. The molecule has 0 radical (unpaired) electrons. The average molecular weight is 260 g/mol. The van der Waals surface area contributed by atoms with Crippen molar-refractivity contribution in [2.75, 3.05) is 0 Å². The summed E-state index contributed by atoms with van der Waals surface area (Å²) in [6.07, 6.45) is -8.02. The number of aldehydes is 1. The lowest BCUT2D eigenvalue weighted by molar-refractivity contribution is -0.137. The number of pyridine rings is 1. The van der Waals surface area contributed by atoms with E-state index in [0.717, 1.165) is 0 Å². The van der Waals surface area contributed by atoms with E-state index in [1.807, 2.05) is 0 Å². The molecule has 2 nitrogen and oxygen atoms in total. The second-order valence-electron chi connectivity index (χ2n) is 2.70. The van der Waals surface area contributed by atoms with E-state index in [4.69, 9.17) is 11.6 Å². The van der Waals surface area contributed by atoms with Crippen LogP contribution in [0.1, 0.15) is 28.0 Å².